The van der Waals surface area contributed by atoms with Crippen molar-refractivity contribution in [1.82, 2.24) is 0 Å². The Morgan fingerprint density at radius 1 is 1.42 bits per heavy atom. The fourth-order valence-corrected chi connectivity index (χ4v) is 1.74. The lowest BCUT2D eigenvalue weighted by atomic mass is 10.0. The average Bonchev–Trinajstić information content (AvgIpc) is 2.44. The molecule has 0 saturated carbocycles. The van der Waals surface area contributed by atoms with Gasteiger partial charge in [0, 0.05) is 32.0 Å². The van der Waals surface area contributed by atoms with E-state index in [4.69, 9.17) is 15.7 Å². The van der Waals surface area contributed by atoms with Crippen LogP contribution in [-0.4, -0.2) is 37.3 Å². The fraction of sp³-hybridized carbons (Fsp3) is 0.500. The summed E-state index contributed by atoms with van der Waals surface area (Å²) < 4.78 is 5.41. The number of hydrogen-bond acceptors (Lipinski definition) is 4. The highest BCUT2D eigenvalue weighted by atomic mass is 16.5. The smallest absolute Gasteiger partial charge is 0.172 e. The van der Waals surface area contributed by atoms with Crippen molar-refractivity contribution in [2.45, 2.75) is 25.9 Å². The van der Waals surface area contributed by atoms with Crippen molar-refractivity contribution < 1.29 is 9.94 Å². The van der Waals surface area contributed by atoms with Crippen LogP contribution >= 0.6 is 0 Å². The van der Waals surface area contributed by atoms with Gasteiger partial charge in [-0.3, -0.25) is 0 Å². The van der Waals surface area contributed by atoms with Crippen LogP contribution in [-0.2, 0) is 4.74 Å². The van der Waals surface area contributed by atoms with Crippen molar-refractivity contribution in [2.24, 2.45) is 10.9 Å². The molecule has 0 aliphatic rings. The van der Waals surface area contributed by atoms with E-state index in [0.717, 1.165) is 24.2 Å². The number of rotatable bonds is 6. The van der Waals surface area contributed by atoms with E-state index in [0.29, 0.717) is 0 Å². The lowest BCUT2D eigenvalue weighted by Crippen LogP contribution is -2.31. The van der Waals surface area contributed by atoms with Crippen molar-refractivity contribution in [1.29, 1.82) is 0 Å². The Bertz CT molecular complexity index is 444. The molecule has 0 spiro atoms. The molecule has 0 fully saturated rings. The molecule has 1 aromatic carbocycles. The maximum atomic E-state index is 8.82. The quantitative estimate of drug-likeness (QED) is 0.357. The molecule has 0 amide bonds. The average molecular weight is 265 g/mol. The molecule has 0 aliphatic heterocycles. The standard InChI is InChI=1S/C14H23N3O2/c1-14(2,19-4)9-10-17(3)12-8-6-5-7-11(12)13(15)16-18/h5-8,18H,9-10H2,1-4H3,(H2,15,16). The van der Waals surface area contributed by atoms with Crippen LogP contribution in [0.5, 0.6) is 0 Å². The van der Waals surface area contributed by atoms with Crippen molar-refractivity contribution in [3.8, 4) is 0 Å². The Labute approximate surface area is 114 Å². The largest absolute Gasteiger partial charge is 0.409 e. The predicted molar refractivity (Wildman–Crippen MR) is 77.9 cm³/mol. The highest BCUT2D eigenvalue weighted by Crippen LogP contribution is 2.21. The molecule has 0 aliphatic carbocycles. The van der Waals surface area contributed by atoms with Gasteiger partial charge in [0.1, 0.15) is 0 Å². The van der Waals surface area contributed by atoms with E-state index in [2.05, 4.69) is 23.9 Å². The summed E-state index contributed by atoms with van der Waals surface area (Å²) in [5.74, 6) is 0.119. The van der Waals surface area contributed by atoms with Crippen LogP contribution < -0.4 is 10.6 Å². The predicted octanol–water partition coefficient (Wildman–Crippen LogP) is 2.03. The third-order valence-electron chi connectivity index (χ3n) is 3.30. The number of ether oxygens (including phenoxy) is 1. The molecule has 5 heteroatoms. The van der Waals surface area contributed by atoms with Crippen molar-refractivity contribution in [3.63, 3.8) is 0 Å². The van der Waals surface area contributed by atoms with Gasteiger partial charge in [-0.05, 0) is 32.4 Å². The molecular formula is C14H23N3O2. The second-order valence-corrected chi connectivity index (χ2v) is 5.14. The molecule has 0 unspecified atom stereocenters. The van der Waals surface area contributed by atoms with Gasteiger partial charge >= 0.3 is 0 Å². The normalized spacial score (nSPS) is 12.5. The van der Waals surface area contributed by atoms with Gasteiger partial charge in [-0.15, -0.1) is 0 Å². The topological polar surface area (TPSA) is 71.1 Å². The number of anilines is 1. The van der Waals surface area contributed by atoms with E-state index in [-0.39, 0.29) is 11.4 Å². The van der Waals surface area contributed by atoms with Crippen LogP contribution in [0.15, 0.2) is 29.4 Å². The van der Waals surface area contributed by atoms with Gasteiger partial charge in [0.25, 0.3) is 0 Å². The lowest BCUT2D eigenvalue weighted by molar-refractivity contribution is 0.0174. The van der Waals surface area contributed by atoms with Crippen molar-refractivity contribution in [2.75, 3.05) is 25.6 Å². The number of methoxy groups -OCH3 is 1. The van der Waals surface area contributed by atoms with Crippen LogP contribution in [0.2, 0.25) is 0 Å². The first-order valence-corrected chi connectivity index (χ1v) is 6.24. The Balaban J connectivity index is 2.86. The van der Waals surface area contributed by atoms with Gasteiger partial charge < -0.3 is 20.6 Å². The summed E-state index contributed by atoms with van der Waals surface area (Å²) in [6.45, 7) is 4.92. The third kappa shape index (κ3) is 4.13. The van der Waals surface area contributed by atoms with Gasteiger partial charge in [-0.1, -0.05) is 17.3 Å². The minimum absolute atomic E-state index is 0.119. The summed E-state index contributed by atoms with van der Waals surface area (Å²) in [6.07, 6.45) is 0.879. The molecule has 0 atom stereocenters. The van der Waals surface area contributed by atoms with Gasteiger partial charge in [0.15, 0.2) is 5.84 Å². The fourth-order valence-electron chi connectivity index (χ4n) is 1.74. The Morgan fingerprint density at radius 3 is 2.63 bits per heavy atom. The van der Waals surface area contributed by atoms with E-state index >= 15 is 0 Å². The summed E-state index contributed by atoms with van der Waals surface area (Å²) in [4.78, 5) is 2.08. The molecule has 1 aromatic rings. The number of hydrogen-bond donors (Lipinski definition) is 2. The number of benzene rings is 1. The maximum Gasteiger partial charge on any atom is 0.172 e. The molecule has 106 valence electrons. The van der Waals surface area contributed by atoms with Crippen molar-refractivity contribution in [3.05, 3.63) is 29.8 Å². The highest BCUT2D eigenvalue weighted by molar-refractivity contribution is 6.02. The maximum absolute atomic E-state index is 8.82. The molecule has 0 heterocycles. The monoisotopic (exact) mass is 265 g/mol. The first-order chi connectivity index (χ1) is 8.91. The summed E-state index contributed by atoms with van der Waals surface area (Å²) in [5.41, 5.74) is 7.18. The first-order valence-electron chi connectivity index (χ1n) is 6.24. The third-order valence-corrected chi connectivity index (χ3v) is 3.30. The minimum Gasteiger partial charge on any atom is -0.409 e. The van der Waals surface area contributed by atoms with E-state index < -0.39 is 0 Å². The highest BCUT2D eigenvalue weighted by Gasteiger charge is 2.18. The summed E-state index contributed by atoms with van der Waals surface area (Å²) in [5, 5.41) is 11.9. The Morgan fingerprint density at radius 2 is 2.05 bits per heavy atom. The number of nitrogens with zero attached hydrogens (tertiary/aromatic N) is 2. The molecule has 1 rings (SSSR count). The number of oxime groups is 1. The van der Waals surface area contributed by atoms with Crippen LogP contribution in [0, 0.1) is 0 Å². The van der Waals surface area contributed by atoms with E-state index in [1.165, 1.54) is 0 Å². The second kappa shape index (κ2) is 6.43. The molecule has 0 saturated heterocycles. The Hall–Kier alpha value is -1.75. The molecule has 0 aromatic heterocycles. The van der Waals surface area contributed by atoms with Crippen LogP contribution in [0.1, 0.15) is 25.8 Å². The first kappa shape index (κ1) is 15.3. The SMILES string of the molecule is COC(C)(C)CCN(C)c1ccccc1/C(N)=N/O. The van der Waals surface area contributed by atoms with Gasteiger partial charge in [-0.2, -0.15) is 0 Å². The molecular weight excluding hydrogens is 242 g/mol. The zero-order valence-corrected chi connectivity index (χ0v) is 12.1. The van der Waals surface area contributed by atoms with E-state index in [9.17, 15) is 0 Å². The summed E-state index contributed by atoms with van der Waals surface area (Å²) in [7, 11) is 3.69. The zero-order chi connectivity index (χ0) is 14.5. The zero-order valence-electron chi connectivity index (χ0n) is 12.1. The summed E-state index contributed by atoms with van der Waals surface area (Å²) >= 11 is 0. The minimum atomic E-state index is -0.167. The second-order valence-electron chi connectivity index (χ2n) is 5.14. The van der Waals surface area contributed by atoms with Gasteiger partial charge in [0.2, 0.25) is 0 Å². The Kier molecular flexibility index (Phi) is 5.18. The van der Waals surface area contributed by atoms with Crippen LogP contribution in [0.4, 0.5) is 5.69 Å². The summed E-state index contributed by atoms with van der Waals surface area (Å²) in [6, 6.07) is 7.58. The number of amidine groups is 1. The molecule has 0 bridgehead atoms. The van der Waals surface area contributed by atoms with Crippen LogP contribution in [0.3, 0.4) is 0 Å². The lowest BCUT2D eigenvalue weighted by Gasteiger charge is -2.28. The molecule has 19 heavy (non-hydrogen) atoms. The number of para-hydroxylation sites is 1. The molecule has 3 N–H and O–H groups in total. The molecule has 5 nitrogen and oxygen atoms in total. The molecule has 0 radical (unpaired) electrons. The van der Waals surface area contributed by atoms with Gasteiger partial charge in [0.05, 0.1) is 5.60 Å². The van der Waals surface area contributed by atoms with E-state index in [1.807, 2.05) is 31.3 Å². The van der Waals surface area contributed by atoms with Gasteiger partial charge in [-0.25, -0.2) is 0 Å². The van der Waals surface area contributed by atoms with E-state index in [1.54, 1.807) is 7.11 Å². The number of nitrogens with two attached hydrogens (primary N) is 1. The van der Waals surface area contributed by atoms with Crippen LogP contribution in [0.25, 0.3) is 0 Å². The van der Waals surface area contributed by atoms with Crippen molar-refractivity contribution >= 4 is 11.5 Å².